The Morgan fingerprint density at radius 3 is 2.64 bits per heavy atom. The predicted molar refractivity (Wildman–Crippen MR) is 92.4 cm³/mol. The van der Waals surface area contributed by atoms with E-state index in [4.69, 9.17) is 48.5 Å². The van der Waals surface area contributed by atoms with Crippen molar-refractivity contribution in [2.24, 2.45) is 5.92 Å². The van der Waals surface area contributed by atoms with Crippen LogP contribution in [0.5, 0.6) is 11.6 Å². The minimum atomic E-state index is -4.25. The fraction of sp³-hybridized carbons (Fsp3) is 0.357. The quantitative estimate of drug-likeness (QED) is 0.681. The highest BCUT2D eigenvalue weighted by atomic mass is 35.5. The number of benzene rings is 1. The minimum absolute atomic E-state index is 0.0248. The van der Waals surface area contributed by atoms with E-state index in [0.29, 0.717) is 19.8 Å². The molecule has 0 radical (unpaired) electrons. The molecule has 3 rings (SSSR count). The Labute approximate surface area is 159 Å². The van der Waals surface area contributed by atoms with Gasteiger partial charge in [0.15, 0.2) is 10.6 Å². The van der Waals surface area contributed by atoms with Crippen molar-refractivity contribution >= 4 is 44.9 Å². The van der Waals surface area contributed by atoms with Crippen LogP contribution in [0.3, 0.4) is 0 Å². The van der Waals surface area contributed by atoms with E-state index in [-0.39, 0.29) is 37.5 Å². The molecule has 1 aliphatic rings. The van der Waals surface area contributed by atoms with Gasteiger partial charge in [-0.15, -0.1) is 0 Å². The first kappa shape index (κ1) is 18.6. The first-order chi connectivity index (χ1) is 11.8. The molecule has 2 heterocycles. The standard InChI is InChI=1S/C14H13Cl3N2O5S/c1-22-6-8-5-19-14(23-7-8)12(4-18-19)25(20,21)24-13-10(16)2-9(15)3-11(13)17/h2-4,8H,5-7H2,1H3. The number of rotatable bonds is 5. The SMILES string of the molecule is COCC1COc2c(S(=O)(=O)Oc3c(Cl)cc(Cl)cc3Cl)cnn2C1. The van der Waals surface area contributed by atoms with E-state index < -0.39 is 10.1 Å². The zero-order chi connectivity index (χ0) is 18.2. The topological polar surface area (TPSA) is 79.7 Å². The number of methoxy groups -OCH3 is 1. The molecule has 1 aliphatic heterocycles. The number of halogens is 3. The first-order valence-corrected chi connectivity index (χ1v) is 9.62. The van der Waals surface area contributed by atoms with Crippen LogP contribution in [-0.2, 0) is 21.4 Å². The summed E-state index contributed by atoms with van der Waals surface area (Å²) >= 11 is 17.8. The number of ether oxygens (including phenoxy) is 2. The second-order valence-electron chi connectivity index (χ2n) is 5.36. The molecule has 1 aromatic heterocycles. The molecule has 0 N–H and O–H groups in total. The summed E-state index contributed by atoms with van der Waals surface area (Å²) in [6.07, 6.45) is 1.16. The lowest BCUT2D eigenvalue weighted by Gasteiger charge is -2.23. The van der Waals surface area contributed by atoms with Crippen LogP contribution in [-0.4, -0.2) is 38.5 Å². The lowest BCUT2D eigenvalue weighted by Crippen LogP contribution is -2.29. The third kappa shape index (κ3) is 3.83. The summed E-state index contributed by atoms with van der Waals surface area (Å²) in [5.74, 6) is -0.0247. The van der Waals surface area contributed by atoms with Crippen LogP contribution in [0.2, 0.25) is 15.1 Å². The van der Waals surface area contributed by atoms with Gasteiger partial charge in [-0.05, 0) is 12.1 Å². The van der Waals surface area contributed by atoms with Gasteiger partial charge in [-0.25, -0.2) is 4.68 Å². The van der Waals surface area contributed by atoms with Crippen molar-refractivity contribution in [2.75, 3.05) is 20.3 Å². The summed E-state index contributed by atoms with van der Waals surface area (Å²) in [5, 5.41) is 4.26. The Balaban J connectivity index is 1.90. The number of hydrogen-bond acceptors (Lipinski definition) is 6. The minimum Gasteiger partial charge on any atom is -0.476 e. The van der Waals surface area contributed by atoms with Crippen LogP contribution in [0.15, 0.2) is 23.2 Å². The van der Waals surface area contributed by atoms with Crippen LogP contribution in [0, 0.1) is 5.92 Å². The molecule has 11 heteroatoms. The van der Waals surface area contributed by atoms with Crippen molar-refractivity contribution in [2.45, 2.75) is 11.4 Å². The molecule has 0 fully saturated rings. The van der Waals surface area contributed by atoms with Gasteiger partial charge in [0, 0.05) is 18.1 Å². The average molecular weight is 428 g/mol. The van der Waals surface area contributed by atoms with Gasteiger partial charge in [0.25, 0.3) is 0 Å². The molecule has 0 aliphatic carbocycles. The van der Waals surface area contributed by atoms with E-state index >= 15 is 0 Å². The number of fused-ring (bicyclic) bond motifs is 1. The Kier molecular flexibility index (Phi) is 5.36. The highest BCUT2D eigenvalue weighted by molar-refractivity contribution is 7.87. The van der Waals surface area contributed by atoms with E-state index in [0.717, 1.165) is 6.20 Å². The lowest BCUT2D eigenvalue weighted by atomic mass is 10.1. The van der Waals surface area contributed by atoms with Crippen LogP contribution in [0.4, 0.5) is 0 Å². The van der Waals surface area contributed by atoms with Gasteiger partial charge in [-0.3, -0.25) is 0 Å². The molecule has 7 nitrogen and oxygen atoms in total. The van der Waals surface area contributed by atoms with Crippen molar-refractivity contribution in [3.05, 3.63) is 33.4 Å². The summed E-state index contributed by atoms with van der Waals surface area (Å²) in [4.78, 5) is -0.203. The van der Waals surface area contributed by atoms with E-state index in [2.05, 4.69) is 5.10 Å². The largest absolute Gasteiger partial charge is 0.476 e. The van der Waals surface area contributed by atoms with Crippen molar-refractivity contribution < 1.29 is 22.1 Å². The van der Waals surface area contributed by atoms with Gasteiger partial charge < -0.3 is 13.7 Å². The summed E-state index contributed by atoms with van der Waals surface area (Å²) < 4.78 is 42.4. The van der Waals surface area contributed by atoms with E-state index in [1.165, 1.54) is 16.8 Å². The smallest absolute Gasteiger partial charge is 0.346 e. The maximum absolute atomic E-state index is 12.6. The van der Waals surface area contributed by atoms with Crippen molar-refractivity contribution in [1.82, 2.24) is 9.78 Å². The summed E-state index contributed by atoms with van der Waals surface area (Å²) in [5.41, 5.74) is 0. The molecular weight excluding hydrogens is 415 g/mol. The second-order valence-corrected chi connectivity index (χ2v) is 8.13. The molecule has 1 aromatic carbocycles. The van der Waals surface area contributed by atoms with Crippen LogP contribution >= 0.6 is 34.8 Å². The normalized spacial score (nSPS) is 17.0. The molecule has 136 valence electrons. The van der Waals surface area contributed by atoms with Gasteiger partial charge >= 0.3 is 10.1 Å². The van der Waals surface area contributed by atoms with E-state index in [9.17, 15) is 8.42 Å². The maximum Gasteiger partial charge on any atom is 0.346 e. The number of hydrogen-bond donors (Lipinski definition) is 0. The summed E-state index contributed by atoms with van der Waals surface area (Å²) in [7, 11) is -2.67. The van der Waals surface area contributed by atoms with E-state index in [1.54, 1.807) is 7.11 Å². The monoisotopic (exact) mass is 426 g/mol. The third-order valence-electron chi connectivity index (χ3n) is 3.47. The van der Waals surface area contributed by atoms with Crippen molar-refractivity contribution in [1.29, 1.82) is 0 Å². The van der Waals surface area contributed by atoms with Gasteiger partial charge in [0.05, 0.1) is 36.0 Å². The zero-order valence-electron chi connectivity index (χ0n) is 12.9. The fourth-order valence-corrected chi connectivity index (χ4v) is 4.43. The molecule has 0 saturated heterocycles. The lowest BCUT2D eigenvalue weighted by molar-refractivity contribution is 0.0778. The molecule has 0 amide bonds. The molecule has 2 aromatic rings. The molecule has 1 atom stereocenters. The van der Waals surface area contributed by atoms with Crippen LogP contribution in [0.25, 0.3) is 0 Å². The molecule has 0 saturated carbocycles. The third-order valence-corrected chi connectivity index (χ3v) is 5.46. The van der Waals surface area contributed by atoms with Gasteiger partial charge in [-0.1, -0.05) is 34.8 Å². The zero-order valence-corrected chi connectivity index (χ0v) is 16.0. The van der Waals surface area contributed by atoms with Crippen molar-refractivity contribution in [3.63, 3.8) is 0 Å². The Hall–Kier alpha value is -1.19. The molecule has 0 spiro atoms. The fourth-order valence-electron chi connectivity index (χ4n) is 2.40. The second kappa shape index (κ2) is 7.20. The Morgan fingerprint density at radius 2 is 2.00 bits per heavy atom. The first-order valence-electron chi connectivity index (χ1n) is 7.08. The molecule has 0 bridgehead atoms. The maximum atomic E-state index is 12.6. The molecular formula is C14H13Cl3N2O5S. The molecule has 1 unspecified atom stereocenters. The van der Waals surface area contributed by atoms with E-state index in [1.807, 2.05) is 0 Å². The Morgan fingerprint density at radius 1 is 1.32 bits per heavy atom. The predicted octanol–water partition coefficient (Wildman–Crippen LogP) is 3.27. The number of nitrogens with zero attached hydrogens (tertiary/aromatic N) is 2. The number of aromatic nitrogens is 2. The highest BCUT2D eigenvalue weighted by Crippen LogP contribution is 2.39. The summed E-state index contributed by atoms with van der Waals surface area (Å²) in [6, 6.07) is 2.66. The summed E-state index contributed by atoms with van der Waals surface area (Å²) in [6.45, 7) is 1.26. The van der Waals surface area contributed by atoms with Gasteiger partial charge in [-0.2, -0.15) is 13.5 Å². The van der Waals surface area contributed by atoms with Gasteiger partial charge in [0.1, 0.15) is 0 Å². The van der Waals surface area contributed by atoms with Crippen molar-refractivity contribution in [3.8, 4) is 11.6 Å². The Bertz CT molecular complexity index is 877. The average Bonchev–Trinajstić information content (AvgIpc) is 2.95. The molecule has 25 heavy (non-hydrogen) atoms. The van der Waals surface area contributed by atoms with Gasteiger partial charge in [0.2, 0.25) is 5.88 Å². The van der Waals surface area contributed by atoms with Crippen LogP contribution in [0.1, 0.15) is 0 Å². The van der Waals surface area contributed by atoms with Crippen LogP contribution < -0.4 is 8.92 Å². The highest BCUT2D eigenvalue weighted by Gasteiger charge is 2.32.